The molecule has 3 aromatic rings. The Morgan fingerprint density at radius 2 is 1.36 bits per heavy atom. The molecule has 0 bridgehead atoms. The Morgan fingerprint density at radius 3 is 2.12 bits per heavy atom. The fraction of sp³-hybridized carbons (Fsp3) is 0.316. The van der Waals surface area contributed by atoms with Crippen LogP contribution in [0.25, 0.3) is 20.2 Å². The summed E-state index contributed by atoms with van der Waals surface area (Å²) in [5.74, 6) is 1.19. The molecule has 25 heavy (non-hydrogen) atoms. The lowest BCUT2D eigenvalue weighted by atomic mass is 10.1. The van der Waals surface area contributed by atoms with E-state index in [-0.39, 0.29) is 5.43 Å². The van der Waals surface area contributed by atoms with Gasteiger partial charge >= 0.3 is 0 Å². The SMILES string of the molecule is O=c1c2ccccc2sc2cc3c(cc12)OCCOCCOCCO3. The molecule has 0 atom stereocenters. The molecule has 0 saturated carbocycles. The zero-order valence-corrected chi connectivity index (χ0v) is 14.5. The average Bonchev–Trinajstić information content (AvgIpc) is 2.62. The van der Waals surface area contributed by atoms with Crippen molar-refractivity contribution in [2.45, 2.75) is 0 Å². The zero-order chi connectivity index (χ0) is 17.1. The number of hydrogen-bond acceptors (Lipinski definition) is 6. The molecule has 1 aromatic heterocycles. The van der Waals surface area contributed by atoms with Gasteiger partial charge in [-0.2, -0.15) is 0 Å². The van der Waals surface area contributed by atoms with Crippen LogP contribution in [0.1, 0.15) is 0 Å². The second-order valence-electron chi connectivity index (χ2n) is 5.64. The van der Waals surface area contributed by atoms with Crippen molar-refractivity contribution in [3.8, 4) is 11.5 Å². The maximum absolute atomic E-state index is 12.8. The van der Waals surface area contributed by atoms with Crippen LogP contribution in [0.3, 0.4) is 0 Å². The first-order valence-electron chi connectivity index (χ1n) is 8.23. The van der Waals surface area contributed by atoms with Gasteiger partial charge in [0.2, 0.25) is 0 Å². The summed E-state index contributed by atoms with van der Waals surface area (Å²) < 4.78 is 24.4. The highest BCUT2D eigenvalue weighted by molar-refractivity contribution is 7.24. The largest absolute Gasteiger partial charge is 0.487 e. The van der Waals surface area contributed by atoms with Gasteiger partial charge in [0.25, 0.3) is 0 Å². The monoisotopic (exact) mass is 358 g/mol. The summed E-state index contributed by atoms with van der Waals surface area (Å²) in [5, 5.41) is 1.38. The van der Waals surface area contributed by atoms with Crippen LogP contribution in [-0.2, 0) is 9.47 Å². The smallest absolute Gasteiger partial charge is 0.196 e. The number of fused-ring (bicyclic) bond motifs is 3. The molecule has 130 valence electrons. The first-order chi connectivity index (χ1) is 12.3. The Balaban J connectivity index is 1.81. The van der Waals surface area contributed by atoms with Crippen LogP contribution in [0.5, 0.6) is 11.5 Å². The van der Waals surface area contributed by atoms with Crippen LogP contribution < -0.4 is 14.9 Å². The lowest BCUT2D eigenvalue weighted by Crippen LogP contribution is -2.16. The van der Waals surface area contributed by atoms with E-state index in [0.29, 0.717) is 56.5 Å². The number of hydrogen-bond donors (Lipinski definition) is 0. The molecule has 0 amide bonds. The molecule has 2 aromatic carbocycles. The van der Waals surface area contributed by atoms with Gasteiger partial charge in [0, 0.05) is 26.2 Å². The third kappa shape index (κ3) is 3.46. The van der Waals surface area contributed by atoms with Crippen molar-refractivity contribution in [3.63, 3.8) is 0 Å². The van der Waals surface area contributed by atoms with Gasteiger partial charge in [0.1, 0.15) is 13.2 Å². The maximum Gasteiger partial charge on any atom is 0.196 e. The van der Waals surface area contributed by atoms with Crippen LogP contribution >= 0.6 is 11.3 Å². The molecule has 0 aliphatic carbocycles. The van der Waals surface area contributed by atoms with Crippen molar-refractivity contribution in [1.29, 1.82) is 0 Å². The third-order valence-electron chi connectivity index (χ3n) is 3.98. The number of ether oxygens (including phenoxy) is 4. The summed E-state index contributed by atoms with van der Waals surface area (Å²) in [6.45, 7) is 2.84. The van der Waals surface area contributed by atoms with Crippen molar-refractivity contribution in [2.24, 2.45) is 0 Å². The summed E-state index contributed by atoms with van der Waals surface area (Å²) in [4.78, 5) is 12.8. The van der Waals surface area contributed by atoms with Crippen molar-refractivity contribution in [3.05, 3.63) is 46.6 Å². The summed E-state index contributed by atoms with van der Waals surface area (Å²) in [5.41, 5.74) is 0.0152. The van der Waals surface area contributed by atoms with Crippen LogP contribution in [0, 0.1) is 0 Å². The normalized spacial score (nSPS) is 16.3. The van der Waals surface area contributed by atoms with Gasteiger partial charge in [-0.1, -0.05) is 12.1 Å². The highest BCUT2D eigenvalue weighted by Gasteiger charge is 2.13. The van der Waals surface area contributed by atoms with E-state index in [9.17, 15) is 4.79 Å². The predicted octanol–water partition coefficient (Wildman–Crippen LogP) is 3.22. The Bertz CT molecular complexity index is 950. The van der Waals surface area contributed by atoms with Gasteiger partial charge in [0.05, 0.1) is 26.4 Å². The van der Waals surface area contributed by atoms with E-state index in [1.54, 1.807) is 17.4 Å². The van der Waals surface area contributed by atoms with Crippen molar-refractivity contribution < 1.29 is 18.9 Å². The second-order valence-corrected chi connectivity index (χ2v) is 6.73. The lowest BCUT2D eigenvalue weighted by molar-refractivity contribution is 0.0224. The molecule has 0 spiro atoms. The second kappa shape index (κ2) is 7.39. The molecule has 0 unspecified atom stereocenters. The zero-order valence-electron chi connectivity index (χ0n) is 13.7. The molecule has 0 N–H and O–H groups in total. The summed E-state index contributed by atoms with van der Waals surface area (Å²) in [6.07, 6.45) is 0. The summed E-state index contributed by atoms with van der Waals surface area (Å²) in [7, 11) is 0. The van der Waals surface area contributed by atoms with E-state index in [0.717, 1.165) is 14.8 Å². The van der Waals surface area contributed by atoms with Gasteiger partial charge in [-0.25, -0.2) is 0 Å². The van der Waals surface area contributed by atoms with Crippen LogP contribution in [0.2, 0.25) is 0 Å². The van der Waals surface area contributed by atoms with Crippen molar-refractivity contribution in [1.82, 2.24) is 0 Å². The molecule has 1 aliphatic rings. The first kappa shape index (κ1) is 16.3. The Labute approximate surface area is 148 Å². The molecule has 2 heterocycles. The highest BCUT2D eigenvalue weighted by Crippen LogP contribution is 2.35. The van der Waals surface area contributed by atoms with E-state index in [2.05, 4.69) is 0 Å². The average molecular weight is 358 g/mol. The van der Waals surface area contributed by atoms with E-state index in [1.807, 2.05) is 30.3 Å². The van der Waals surface area contributed by atoms with Crippen LogP contribution in [-0.4, -0.2) is 39.6 Å². The van der Waals surface area contributed by atoms with Crippen molar-refractivity contribution >= 4 is 31.5 Å². The van der Waals surface area contributed by atoms with Gasteiger partial charge in [-0.05, 0) is 18.2 Å². The molecule has 1 aliphatic heterocycles. The first-order valence-corrected chi connectivity index (χ1v) is 9.05. The fourth-order valence-corrected chi connectivity index (χ4v) is 3.86. The molecule has 0 radical (unpaired) electrons. The summed E-state index contributed by atoms with van der Waals surface area (Å²) >= 11 is 1.58. The van der Waals surface area contributed by atoms with E-state index in [4.69, 9.17) is 18.9 Å². The van der Waals surface area contributed by atoms with E-state index >= 15 is 0 Å². The molecular formula is C19H18O5S. The summed E-state index contributed by atoms with van der Waals surface area (Å²) in [6, 6.07) is 11.3. The molecule has 4 rings (SSSR count). The minimum absolute atomic E-state index is 0.0152. The van der Waals surface area contributed by atoms with Gasteiger partial charge in [0.15, 0.2) is 16.9 Å². The minimum atomic E-state index is 0.0152. The number of benzene rings is 2. The van der Waals surface area contributed by atoms with Gasteiger partial charge < -0.3 is 18.9 Å². The Kier molecular flexibility index (Phi) is 4.83. The van der Waals surface area contributed by atoms with Crippen molar-refractivity contribution in [2.75, 3.05) is 39.6 Å². The number of rotatable bonds is 0. The van der Waals surface area contributed by atoms with E-state index in [1.165, 1.54) is 0 Å². The third-order valence-corrected chi connectivity index (χ3v) is 5.12. The topological polar surface area (TPSA) is 54.0 Å². The minimum Gasteiger partial charge on any atom is -0.487 e. The van der Waals surface area contributed by atoms with E-state index < -0.39 is 0 Å². The highest BCUT2D eigenvalue weighted by atomic mass is 32.1. The maximum atomic E-state index is 12.8. The quantitative estimate of drug-likeness (QED) is 0.578. The molecule has 6 heteroatoms. The van der Waals surface area contributed by atoms with Crippen LogP contribution in [0.15, 0.2) is 41.2 Å². The predicted molar refractivity (Wildman–Crippen MR) is 98.2 cm³/mol. The molecular weight excluding hydrogens is 340 g/mol. The molecule has 0 fully saturated rings. The lowest BCUT2D eigenvalue weighted by Gasteiger charge is -2.16. The fourth-order valence-electron chi connectivity index (χ4n) is 2.78. The standard InChI is InChI=1S/C19H18O5S/c20-19-13-3-1-2-4-17(13)25-18-12-16-15(11-14(18)19)23-9-7-21-5-6-22-8-10-24-16/h1-4,11-12H,5-10H2. The Hall–Kier alpha value is -2.15. The molecule has 5 nitrogen and oxygen atoms in total. The van der Waals surface area contributed by atoms with Gasteiger partial charge in [-0.15, -0.1) is 11.3 Å². The van der Waals surface area contributed by atoms with Gasteiger partial charge in [-0.3, -0.25) is 4.79 Å². The van der Waals surface area contributed by atoms with Crippen LogP contribution in [0.4, 0.5) is 0 Å². The molecule has 0 saturated heterocycles. The Morgan fingerprint density at radius 1 is 0.720 bits per heavy atom.